The quantitative estimate of drug-likeness (QED) is 0.803. The van der Waals surface area contributed by atoms with Gasteiger partial charge >= 0.3 is 0 Å². The van der Waals surface area contributed by atoms with Crippen LogP contribution in [0.25, 0.3) is 0 Å². The predicted octanol–water partition coefficient (Wildman–Crippen LogP) is 4.68. The number of anilines is 1. The van der Waals surface area contributed by atoms with Crippen molar-refractivity contribution in [3.63, 3.8) is 0 Å². The van der Waals surface area contributed by atoms with Gasteiger partial charge < -0.3 is 10.5 Å². The molecule has 88 valence electrons. The molecule has 0 aliphatic heterocycles. The summed E-state index contributed by atoms with van der Waals surface area (Å²) in [5, 5.41) is 1.10. The molecule has 0 fully saturated rings. The third kappa shape index (κ3) is 2.84. The maximum Gasteiger partial charge on any atom is 0.147 e. The summed E-state index contributed by atoms with van der Waals surface area (Å²) in [4.78, 5) is 0. The summed E-state index contributed by atoms with van der Waals surface area (Å²) >= 11 is 11.9. The molecule has 0 unspecified atom stereocenters. The van der Waals surface area contributed by atoms with E-state index in [2.05, 4.69) is 0 Å². The van der Waals surface area contributed by atoms with Gasteiger partial charge in [0.2, 0.25) is 0 Å². The van der Waals surface area contributed by atoms with Crippen LogP contribution in [0.1, 0.15) is 5.56 Å². The van der Waals surface area contributed by atoms with Crippen LogP contribution in [0.15, 0.2) is 36.4 Å². The third-order valence-corrected chi connectivity index (χ3v) is 2.91. The van der Waals surface area contributed by atoms with Gasteiger partial charge in [-0.15, -0.1) is 0 Å². The molecule has 0 amide bonds. The van der Waals surface area contributed by atoms with Crippen molar-refractivity contribution in [3.05, 3.63) is 52.0 Å². The molecule has 0 heterocycles. The minimum atomic E-state index is 0.517. The molecular weight excluding hydrogens is 257 g/mol. The van der Waals surface area contributed by atoms with E-state index < -0.39 is 0 Å². The monoisotopic (exact) mass is 267 g/mol. The Labute approximate surface area is 110 Å². The number of rotatable bonds is 2. The first-order valence-corrected chi connectivity index (χ1v) is 5.81. The van der Waals surface area contributed by atoms with Gasteiger partial charge in [-0.2, -0.15) is 0 Å². The Morgan fingerprint density at radius 1 is 1.06 bits per heavy atom. The van der Waals surface area contributed by atoms with Gasteiger partial charge in [-0.1, -0.05) is 23.2 Å². The van der Waals surface area contributed by atoms with Gasteiger partial charge in [-0.3, -0.25) is 0 Å². The van der Waals surface area contributed by atoms with E-state index >= 15 is 0 Å². The summed E-state index contributed by atoms with van der Waals surface area (Å²) in [5.41, 5.74) is 7.42. The molecule has 0 aliphatic carbocycles. The summed E-state index contributed by atoms with van der Waals surface area (Å²) < 4.78 is 5.65. The minimum absolute atomic E-state index is 0.517. The molecule has 2 aromatic carbocycles. The Bertz CT molecular complexity index is 555. The molecule has 4 heteroatoms. The molecule has 0 spiro atoms. The van der Waals surface area contributed by atoms with Crippen LogP contribution in [0.3, 0.4) is 0 Å². The molecule has 2 aromatic rings. The van der Waals surface area contributed by atoms with Crippen molar-refractivity contribution in [2.24, 2.45) is 0 Å². The van der Waals surface area contributed by atoms with E-state index in [9.17, 15) is 0 Å². The number of hydrogen-bond acceptors (Lipinski definition) is 2. The van der Waals surface area contributed by atoms with Crippen molar-refractivity contribution < 1.29 is 4.74 Å². The van der Waals surface area contributed by atoms with E-state index in [0.717, 1.165) is 11.3 Å². The lowest BCUT2D eigenvalue weighted by Crippen LogP contribution is -1.91. The van der Waals surface area contributed by atoms with Crippen LogP contribution < -0.4 is 10.5 Å². The number of benzene rings is 2. The van der Waals surface area contributed by atoms with Crippen LogP contribution in [0, 0.1) is 6.92 Å². The normalized spacial score (nSPS) is 10.3. The molecule has 0 saturated heterocycles. The second-order valence-corrected chi connectivity index (χ2v) is 4.54. The van der Waals surface area contributed by atoms with Crippen LogP contribution in [-0.2, 0) is 0 Å². The Balaban J connectivity index is 2.31. The zero-order chi connectivity index (χ0) is 12.4. The minimum Gasteiger partial charge on any atom is -0.456 e. The third-order valence-electron chi connectivity index (χ3n) is 2.36. The number of hydrogen-bond donors (Lipinski definition) is 1. The highest BCUT2D eigenvalue weighted by Crippen LogP contribution is 2.32. The lowest BCUT2D eigenvalue weighted by Gasteiger charge is -2.09. The highest BCUT2D eigenvalue weighted by atomic mass is 35.5. The van der Waals surface area contributed by atoms with Crippen molar-refractivity contribution in [3.8, 4) is 11.5 Å². The van der Waals surface area contributed by atoms with Gasteiger partial charge in [-0.25, -0.2) is 0 Å². The molecule has 2 N–H and O–H groups in total. The summed E-state index contributed by atoms with van der Waals surface area (Å²) in [6.07, 6.45) is 0. The van der Waals surface area contributed by atoms with E-state index in [1.807, 2.05) is 13.0 Å². The van der Waals surface area contributed by atoms with Gasteiger partial charge in [0.25, 0.3) is 0 Å². The van der Waals surface area contributed by atoms with Crippen LogP contribution in [0.5, 0.6) is 11.5 Å². The zero-order valence-electron chi connectivity index (χ0n) is 9.21. The topological polar surface area (TPSA) is 35.2 Å². The number of nitrogen functional groups attached to an aromatic ring is 1. The van der Waals surface area contributed by atoms with Crippen molar-refractivity contribution >= 4 is 28.9 Å². The number of ether oxygens (including phenoxy) is 1. The number of halogens is 2. The summed E-state index contributed by atoms with van der Waals surface area (Å²) in [6.45, 7) is 1.92. The molecule has 0 saturated carbocycles. The van der Waals surface area contributed by atoms with E-state index in [-0.39, 0.29) is 0 Å². The molecule has 2 nitrogen and oxygen atoms in total. The van der Waals surface area contributed by atoms with Gasteiger partial charge in [0.1, 0.15) is 11.5 Å². The van der Waals surface area contributed by atoms with Crippen LogP contribution in [-0.4, -0.2) is 0 Å². The molecule has 2 rings (SSSR count). The highest BCUT2D eigenvalue weighted by Gasteiger charge is 2.05. The first kappa shape index (κ1) is 12.1. The first-order chi connectivity index (χ1) is 8.06. The molecular formula is C13H11Cl2NO. The number of nitrogens with two attached hydrogens (primary N) is 1. The fourth-order valence-corrected chi connectivity index (χ4v) is 1.71. The fraction of sp³-hybridized carbons (Fsp3) is 0.0769. The summed E-state index contributed by atoms with van der Waals surface area (Å²) in [5.74, 6) is 1.21. The molecule has 0 aliphatic rings. The second-order valence-electron chi connectivity index (χ2n) is 3.70. The fourth-order valence-electron chi connectivity index (χ4n) is 1.39. The van der Waals surface area contributed by atoms with Gasteiger partial charge in [-0.05, 0) is 42.8 Å². The lowest BCUT2D eigenvalue weighted by atomic mass is 10.2. The van der Waals surface area contributed by atoms with Gasteiger partial charge in [0.15, 0.2) is 0 Å². The van der Waals surface area contributed by atoms with E-state index in [1.165, 1.54) is 0 Å². The lowest BCUT2D eigenvalue weighted by molar-refractivity contribution is 0.482. The standard InChI is InChI=1S/C13H11Cl2NO/c1-8-6-10(3-5-12(8)16)17-13-7-9(14)2-4-11(13)15/h2-7H,16H2,1H3. The predicted molar refractivity (Wildman–Crippen MR) is 72.1 cm³/mol. The Morgan fingerprint density at radius 2 is 1.82 bits per heavy atom. The van der Waals surface area contributed by atoms with Gasteiger partial charge in [0, 0.05) is 16.8 Å². The van der Waals surface area contributed by atoms with E-state index in [4.69, 9.17) is 33.7 Å². The molecule has 0 aromatic heterocycles. The van der Waals surface area contributed by atoms with Crippen LogP contribution >= 0.6 is 23.2 Å². The maximum atomic E-state index is 6.01. The first-order valence-electron chi connectivity index (χ1n) is 5.05. The molecule has 0 atom stereocenters. The van der Waals surface area contributed by atoms with Crippen molar-refractivity contribution in [2.45, 2.75) is 6.92 Å². The largest absolute Gasteiger partial charge is 0.456 e. The maximum absolute atomic E-state index is 6.01. The van der Waals surface area contributed by atoms with Crippen LogP contribution in [0.4, 0.5) is 5.69 Å². The average Bonchev–Trinajstić information content (AvgIpc) is 2.29. The molecule has 0 bridgehead atoms. The Hall–Kier alpha value is -1.38. The zero-order valence-corrected chi connectivity index (χ0v) is 10.7. The van der Waals surface area contributed by atoms with Crippen molar-refractivity contribution in [1.82, 2.24) is 0 Å². The Kier molecular flexibility index (Phi) is 3.46. The second kappa shape index (κ2) is 4.86. The van der Waals surface area contributed by atoms with Gasteiger partial charge in [0.05, 0.1) is 5.02 Å². The summed E-state index contributed by atoms with van der Waals surface area (Å²) in [6, 6.07) is 10.5. The van der Waals surface area contributed by atoms with Crippen molar-refractivity contribution in [1.29, 1.82) is 0 Å². The summed E-state index contributed by atoms with van der Waals surface area (Å²) in [7, 11) is 0. The Morgan fingerprint density at radius 3 is 2.53 bits per heavy atom. The van der Waals surface area contributed by atoms with E-state index in [1.54, 1.807) is 30.3 Å². The van der Waals surface area contributed by atoms with Crippen molar-refractivity contribution in [2.75, 3.05) is 5.73 Å². The highest BCUT2D eigenvalue weighted by molar-refractivity contribution is 6.34. The average molecular weight is 268 g/mol. The molecule has 17 heavy (non-hydrogen) atoms. The molecule has 0 radical (unpaired) electrons. The smallest absolute Gasteiger partial charge is 0.147 e. The van der Waals surface area contributed by atoms with E-state index in [0.29, 0.717) is 21.5 Å². The number of aryl methyl sites for hydroxylation is 1. The SMILES string of the molecule is Cc1cc(Oc2cc(Cl)ccc2Cl)ccc1N. The van der Waals surface area contributed by atoms with Crippen LogP contribution in [0.2, 0.25) is 10.0 Å².